The molecule has 38 heavy (non-hydrogen) atoms. The summed E-state index contributed by atoms with van der Waals surface area (Å²) < 4.78 is 67.0. The molecule has 2 heterocycles. The molecule has 4 rings (SSSR count). The number of aromatic nitrogens is 2. The highest BCUT2D eigenvalue weighted by Crippen LogP contribution is 2.41. The van der Waals surface area contributed by atoms with Crippen LogP contribution in [-0.4, -0.2) is 60.3 Å². The third kappa shape index (κ3) is 5.64. The van der Waals surface area contributed by atoms with Crippen LogP contribution in [0.2, 0.25) is 0 Å². The average Bonchev–Trinajstić information content (AvgIpc) is 2.81. The number of aliphatic hydroxyl groups is 1. The van der Waals surface area contributed by atoms with Crippen molar-refractivity contribution in [3.63, 3.8) is 0 Å². The van der Waals surface area contributed by atoms with Gasteiger partial charge < -0.3 is 29.4 Å². The quantitative estimate of drug-likeness (QED) is 0.335. The molecule has 2 N–H and O–H groups in total. The van der Waals surface area contributed by atoms with Crippen LogP contribution in [0.1, 0.15) is 43.8 Å². The number of hydrogen-bond donors (Lipinski definition) is 2. The van der Waals surface area contributed by atoms with Gasteiger partial charge in [-0.25, -0.2) is 14.4 Å². The molecule has 1 saturated heterocycles. The van der Waals surface area contributed by atoms with Crippen molar-refractivity contribution in [3.8, 4) is 11.5 Å². The highest BCUT2D eigenvalue weighted by Gasteiger charge is 2.49. The van der Waals surface area contributed by atoms with Gasteiger partial charge in [-0.15, -0.1) is 0 Å². The second-order valence-electron chi connectivity index (χ2n) is 9.73. The molecule has 1 atom stereocenters. The molecule has 0 unspecified atom stereocenters. The zero-order chi connectivity index (χ0) is 27.7. The van der Waals surface area contributed by atoms with Crippen LogP contribution in [0.4, 0.5) is 19.0 Å². The third-order valence-corrected chi connectivity index (χ3v) is 6.35. The standard InChI is InChI=1S/C27H32F3N3O5/c1-15(18-7-6-8-20(24(18)28)27(29,30)26(3,4)34)31-25-19-11-23(38-10-9-37-17-13-36-14-17)22(35-5)12-21(19)32-16(2)33-25/h6-8,11-12,15,17,34H,9-10,13-14H2,1-5H3,(H,31,32,33)/t15-/m1/s1. The Hall–Kier alpha value is -3.15. The summed E-state index contributed by atoms with van der Waals surface area (Å²) in [6.07, 6.45) is 0.0769. The maximum atomic E-state index is 15.3. The molecule has 8 nitrogen and oxygen atoms in total. The molecule has 11 heteroatoms. The van der Waals surface area contributed by atoms with Crippen molar-refractivity contribution in [2.45, 2.75) is 51.4 Å². The van der Waals surface area contributed by atoms with E-state index in [9.17, 15) is 13.9 Å². The van der Waals surface area contributed by atoms with Gasteiger partial charge in [0.25, 0.3) is 0 Å². The van der Waals surface area contributed by atoms with Crippen LogP contribution in [0.15, 0.2) is 30.3 Å². The normalized spacial score (nSPS) is 15.3. The fourth-order valence-corrected chi connectivity index (χ4v) is 4.05. The molecule has 1 fully saturated rings. The lowest BCUT2D eigenvalue weighted by Gasteiger charge is -2.30. The molecule has 0 saturated carbocycles. The molecule has 0 spiro atoms. The van der Waals surface area contributed by atoms with Crippen LogP contribution in [0.5, 0.6) is 11.5 Å². The number of hydrogen-bond acceptors (Lipinski definition) is 8. The Morgan fingerprint density at radius 1 is 1.16 bits per heavy atom. The fraction of sp³-hybridized carbons (Fsp3) is 0.481. The number of nitrogens with one attached hydrogen (secondary N) is 1. The first-order chi connectivity index (χ1) is 17.9. The zero-order valence-electron chi connectivity index (χ0n) is 22.0. The molecular formula is C27H32F3N3O5. The van der Waals surface area contributed by atoms with Crippen molar-refractivity contribution < 1.29 is 37.2 Å². The monoisotopic (exact) mass is 535 g/mol. The van der Waals surface area contributed by atoms with Gasteiger partial charge >= 0.3 is 5.92 Å². The minimum atomic E-state index is -3.80. The summed E-state index contributed by atoms with van der Waals surface area (Å²) in [5, 5.41) is 13.6. The average molecular weight is 536 g/mol. The number of nitrogens with zero attached hydrogens (tertiary/aromatic N) is 2. The molecule has 2 aromatic carbocycles. The number of anilines is 1. The fourth-order valence-electron chi connectivity index (χ4n) is 4.05. The predicted octanol–water partition coefficient (Wildman–Crippen LogP) is 4.92. The number of fused-ring (bicyclic) bond motifs is 1. The first-order valence-electron chi connectivity index (χ1n) is 12.3. The number of benzene rings is 2. The smallest absolute Gasteiger partial charge is 0.303 e. The molecule has 0 radical (unpaired) electrons. The zero-order valence-corrected chi connectivity index (χ0v) is 22.0. The SMILES string of the molecule is COc1cc2nc(C)nc(N[C@H](C)c3cccc(C(F)(F)C(C)(C)O)c3F)c2cc1OCCOC1COC1. The molecule has 1 aliphatic rings. The second kappa shape index (κ2) is 10.9. The van der Waals surface area contributed by atoms with Crippen LogP contribution in [0, 0.1) is 12.7 Å². The van der Waals surface area contributed by atoms with Crippen molar-refractivity contribution in [3.05, 3.63) is 53.1 Å². The van der Waals surface area contributed by atoms with Crippen LogP contribution in [0.25, 0.3) is 10.9 Å². The van der Waals surface area contributed by atoms with Crippen molar-refractivity contribution in [2.75, 3.05) is 38.9 Å². The number of ether oxygens (including phenoxy) is 4. The molecule has 3 aromatic rings. The minimum absolute atomic E-state index is 0.00190. The molecule has 0 bridgehead atoms. The molecule has 206 valence electrons. The van der Waals surface area contributed by atoms with E-state index in [0.717, 1.165) is 19.9 Å². The van der Waals surface area contributed by atoms with Crippen molar-refractivity contribution in [1.82, 2.24) is 9.97 Å². The van der Waals surface area contributed by atoms with E-state index in [2.05, 4.69) is 15.3 Å². The Kier molecular flexibility index (Phi) is 8.01. The number of alkyl halides is 2. The van der Waals surface area contributed by atoms with E-state index in [0.29, 0.717) is 53.9 Å². The summed E-state index contributed by atoms with van der Waals surface area (Å²) in [5.41, 5.74) is -2.77. The lowest BCUT2D eigenvalue weighted by Crippen LogP contribution is -2.41. The molecule has 0 aliphatic carbocycles. The first-order valence-corrected chi connectivity index (χ1v) is 12.3. The molecule has 0 amide bonds. The largest absolute Gasteiger partial charge is 0.493 e. The van der Waals surface area contributed by atoms with E-state index in [4.69, 9.17) is 18.9 Å². The summed E-state index contributed by atoms with van der Waals surface area (Å²) in [5.74, 6) is -3.18. The van der Waals surface area contributed by atoms with E-state index in [1.165, 1.54) is 19.2 Å². The van der Waals surface area contributed by atoms with Gasteiger partial charge in [0.05, 0.1) is 44.1 Å². The third-order valence-electron chi connectivity index (χ3n) is 6.35. The number of rotatable bonds is 11. The predicted molar refractivity (Wildman–Crippen MR) is 136 cm³/mol. The van der Waals surface area contributed by atoms with Gasteiger partial charge in [0.2, 0.25) is 0 Å². The second-order valence-corrected chi connectivity index (χ2v) is 9.73. The molecule has 1 aliphatic heterocycles. The Balaban J connectivity index is 1.63. The van der Waals surface area contributed by atoms with E-state index in [1.807, 2.05) is 0 Å². The highest BCUT2D eigenvalue weighted by molar-refractivity contribution is 5.92. The van der Waals surface area contributed by atoms with Gasteiger partial charge in [0, 0.05) is 17.0 Å². The van der Waals surface area contributed by atoms with Crippen molar-refractivity contribution >= 4 is 16.7 Å². The number of aryl methyl sites for hydroxylation is 1. The lowest BCUT2D eigenvalue weighted by molar-refractivity contribution is -0.170. The highest BCUT2D eigenvalue weighted by atomic mass is 19.3. The first kappa shape index (κ1) is 27.9. The maximum absolute atomic E-state index is 15.3. The van der Waals surface area contributed by atoms with E-state index in [1.54, 1.807) is 26.0 Å². The Morgan fingerprint density at radius 3 is 2.53 bits per heavy atom. The summed E-state index contributed by atoms with van der Waals surface area (Å²) in [7, 11) is 1.52. The van der Waals surface area contributed by atoms with Crippen molar-refractivity contribution in [1.29, 1.82) is 0 Å². The summed E-state index contributed by atoms with van der Waals surface area (Å²) in [6.45, 7) is 7.01. The van der Waals surface area contributed by atoms with Gasteiger partial charge in [-0.2, -0.15) is 8.78 Å². The molecular weight excluding hydrogens is 503 g/mol. The Labute approximate surface area is 219 Å². The summed E-state index contributed by atoms with van der Waals surface area (Å²) in [6, 6.07) is 6.40. The van der Waals surface area contributed by atoms with Crippen LogP contribution < -0.4 is 14.8 Å². The van der Waals surface area contributed by atoms with Gasteiger partial charge in [0.15, 0.2) is 11.5 Å². The van der Waals surface area contributed by atoms with Crippen molar-refractivity contribution in [2.24, 2.45) is 0 Å². The maximum Gasteiger partial charge on any atom is 0.303 e. The molecule has 1 aromatic heterocycles. The van der Waals surface area contributed by atoms with Gasteiger partial charge in [-0.1, -0.05) is 12.1 Å². The number of methoxy groups -OCH3 is 1. The minimum Gasteiger partial charge on any atom is -0.493 e. The summed E-state index contributed by atoms with van der Waals surface area (Å²) >= 11 is 0. The van der Waals surface area contributed by atoms with E-state index < -0.39 is 28.9 Å². The lowest BCUT2D eigenvalue weighted by atomic mass is 9.91. The number of halogens is 3. The van der Waals surface area contributed by atoms with Gasteiger partial charge in [-0.3, -0.25) is 0 Å². The topological polar surface area (TPSA) is 95.0 Å². The van der Waals surface area contributed by atoms with Crippen LogP contribution >= 0.6 is 0 Å². The van der Waals surface area contributed by atoms with Gasteiger partial charge in [-0.05, 0) is 39.8 Å². The van der Waals surface area contributed by atoms with E-state index >= 15 is 4.39 Å². The Bertz CT molecular complexity index is 1300. The summed E-state index contributed by atoms with van der Waals surface area (Å²) in [4.78, 5) is 8.94. The van der Waals surface area contributed by atoms with Gasteiger partial charge in [0.1, 0.15) is 35.8 Å². The Morgan fingerprint density at radius 2 is 1.89 bits per heavy atom. The van der Waals surface area contributed by atoms with Crippen LogP contribution in [-0.2, 0) is 15.4 Å². The van der Waals surface area contributed by atoms with Crippen LogP contribution in [0.3, 0.4) is 0 Å². The van der Waals surface area contributed by atoms with E-state index in [-0.39, 0.29) is 18.3 Å².